The highest BCUT2D eigenvalue weighted by Gasteiger charge is 2.05. The van der Waals surface area contributed by atoms with Gasteiger partial charge in [0.2, 0.25) is 0 Å². The van der Waals surface area contributed by atoms with Crippen LogP contribution in [-0.2, 0) is 11.2 Å². The van der Waals surface area contributed by atoms with Crippen LogP contribution in [0, 0.1) is 6.92 Å². The summed E-state index contributed by atoms with van der Waals surface area (Å²) in [6.07, 6.45) is 2.26. The Bertz CT molecular complexity index is 504. The minimum atomic E-state index is -0.809. The lowest BCUT2D eigenvalue weighted by atomic mass is 10.2. The Morgan fingerprint density at radius 2 is 2.40 bits per heavy atom. The lowest BCUT2D eigenvalue weighted by Gasteiger charge is -1.95. The zero-order chi connectivity index (χ0) is 10.8. The maximum absolute atomic E-state index is 10.4. The Hall–Kier alpha value is -1.91. The van der Waals surface area contributed by atoms with Crippen LogP contribution in [0.3, 0.4) is 0 Å². The molecule has 0 amide bonds. The molecule has 0 bridgehead atoms. The lowest BCUT2D eigenvalue weighted by Crippen LogP contribution is -1.99. The standard InChI is InChI=1S/C10H11N3O2/c1-7-4-5-11-9-6-8(12-13(7)9)2-3-10(14)15/h4-6H,2-3H2,1H3,(H,14,15). The molecule has 1 N–H and O–H groups in total. The van der Waals surface area contributed by atoms with Gasteiger partial charge in [0.25, 0.3) is 0 Å². The number of carboxylic acid groups (broad SMARTS) is 1. The summed E-state index contributed by atoms with van der Waals surface area (Å²) >= 11 is 0. The molecule has 0 unspecified atom stereocenters. The summed E-state index contributed by atoms with van der Waals surface area (Å²) in [4.78, 5) is 14.5. The Balaban J connectivity index is 2.31. The van der Waals surface area contributed by atoms with Crippen molar-refractivity contribution in [3.8, 4) is 0 Å². The fourth-order valence-electron chi connectivity index (χ4n) is 1.42. The molecule has 0 aliphatic carbocycles. The normalized spacial score (nSPS) is 10.7. The molecule has 2 rings (SSSR count). The SMILES string of the molecule is Cc1ccnc2cc(CCC(=O)O)nn12. The largest absolute Gasteiger partial charge is 0.481 e. The Labute approximate surface area is 86.4 Å². The van der Waals surface area contributed by atoms with Gasteiger partial charge in [0.05, 0.1) is 12.1 Å². The zero-order valence-electron chi connectivity index (χ0n) is 8.34. The molecule has 2 aromatic heterocycles. The van der Waals surface area contributed by atoms with Crippen molar-refractivity contribution in [2.75, 3.05) is 0 Å². The van der Waals surface area contributed by atoms with Gasteiger partial charge in [-0.15, -0.1) is 0 Å². The highest BCUT2D eigenvalue weighted by Crippen LogP contribution is 2.07. The van der Waals surface area contributed by atoms with Gasteiger partial charge in [0, 0.05) is 24.4 Å². The first-order valence-electron chi connectivity index (χ1n) is 4.69. The van der Waals surface area contributed by atoms with Crippen molar-refractivity contribution in [1.82, 2.24) is 14.6 Å². The van der Waals surface area contributed by atoms with E-state index in [1.807, 2.05) is 19.1 Å². The smallest absolute Gasteiger partial charge is 0.303 e. The maximum Gasteiger partial charge on any atom is 0.303 e. The van der Waals surface area contributed by atoms with Crippen molar-refractivity contribution in [3.05, 3.63) is 29.7 Å². The predicted octanol–water partition coefficient (Wildman–Crippen LogP) is 1.05. The number of hydrogen-bond acceptors (Lipinski definition) is 3. The van der Waals surface area contributed by atoms with Crippen molar-refractivity contribution >= 4 is 11.6 Å². The van der Waals surface area contributed by atoms with Gasteiger partial charge in [-0.25, -0.2) is 9.50 Å². The van der Waals surface area contributed by atoms with Crippen LogP contribution in [0.1, 0.15) is 17.8 Å². The van der Waals surface area contributed by atoms with Gasteiger partial charge in [0.15, 0.2) is 5.65 Å². The quantitative estimate of drug-likeness (QED) is 0.813. The third-order valence-corrected chi connectivity index (χ3v) is 2.19. The second-order valence-electron chi connectivity index (χ2n) is 3.39. The second kappa shape index (κ2) is 3.68. The Morgan fingerprint density at radius 3 is 3.07 bits per heavy atom. The number of hydrogen-bond donors (Lipinski definition) is 1. The molecule has 0 fully saturated rings. The summed E-state index contributed by atoms with van der Waals surface area (Å²) in [5.74, 6) is -0.809. The summed E-state index contributed by atoms with van der Waals surface area (Å²) < 4.78 is 1.72. The zero-order valence-corrected chi connectivity index (χ0v) is 8.34. The molecular formula is C10H11N3O2. The van der Waals surface area contributed by atoms with Crippen LogP contribution in [0.15, 0.2) is 18.3 Å². The number of aryl methyl sites for hydroxylation is 2. The number of aliphatic carboxylic acids is 1. The van der Waals surface area contributed by atoms with Gasteiger partial charge in [-0.1, -0.05) is 0 Å². The van der Waals surface area contributed by atoms with Gasteiger partial charge >= 0.3 is 5.97 Å². The van der Waals surface area contributed by atoms with Crippen LogP contribution in [-0.4, -0.2) is 25.7 Å². The Morgan fingerprint density at radius 1 is 1.60 bits per heavy atom. The molecule has 5 nitrogen and oxygen atoms in total. The maximum atomic E-state index is 10.4. The number of nitrogens with zero attached hydrogens (tertiary/aromatic N) is 3. The van der Waals surface area contributed by atoms with Crippen LogP contribution >= 0.6 is 0 Å². The summed E-state index contributed by atoms with van der Waals surface area (Å²) in [5, 5.41) is 12.8. The topological polar surface area (TPSA) is 67.5 Å². The van der Waals surface area contributed by atoms with E-state index in [-0.39, 0.29) is 6.42 Å². The Kier molecular flexibility index (Phi) is 2.37. The molecule has 0 aliphatic rings. The average molecular weight is 205 g/mol. The highest BCUT2D eigenvalue weighted by molar-refractivity contribution is 5.67. The fourth-order valence-corrected chi connectivity index (χ4v) is 1.42. The van der Waals surface area contributed by atoms with Crippen LogP contribution in [0.2, 0.25) is 0 Å². The van der Waals surface area contributed by atoms with Gasteiger partial charge in [-0.3, -0.25) is 4.79 Å². The lowest BCUT2D eigenvalue weighted by molar-refractivity contribution is -0.136. The van der Waals surface area contributed by atoms with Crippen molar-refractivity contribution in [2.24, 2.45) is 0 Å². The predicted molar refractivity (Wildman–Crippen MR) is 53.7 cm³/mol. The van der Waals surface area contributed by atoms with E-state index in [1.54, 1.807) is 10.7 Å². The molecule has 0 saturated heterocycles. The summed E-state index contributed by atoms with van der Waals surface area (Å²) in [6.45, 7) is 1.93. The molecule has 0 spiro atoms. The van der Waals surface area contributed by atoms with E-state index in [0.29, 0.717) is 6.42 Å². The van der Waals surface area contributed by atoms with E-state index in [2.05, 4.69) is 10.1 Å². The van der Waals surface area contributed by atoms with E-state index in [4.69, 9.17) is 5.11 Å². The van der Waals surface area contributed by atoms with Crippen LogP contribution in [0.5, 0.6) is 0 Å². The summed E-state index contributed by atoms with van der Waals surface area (Å²) in [5.41, 5.74) is 2.51. The highest BCUT2D eigenvalue weighted by atomic mass is 16.4. The minimum absolute atomic E-state index is 0.100. The molecule has 0 atom stereocenters. The molecule has 2 aromatic rings. The molecular weight excluding hydrogens is 194 g/mol. The third kappa shape index (κ3) is 1.96. The van der Waals surface area contributed by atoms with E-state index in [9.17, 15) is 4.79 Å². The van der Waals surface area contributed by atoms with E-state index < -0.39 is 5.97 Å². The van der Waals surface area contributed by atoms with Crippen molar-refractivity contribution in [3.63, 3.8) is 0 Å². The van der Waals surface area contributed by atoms with Crippen LogP contribution in [0.25, 0.3) is 5.65 Å². The molecule has 0 aliphatic heterocycles. The number of fused-ring (bicyclic) bond motifs is 1. The molecule has 0 radical (unpaired) electrons. The number of carbonyl (C=O) groups is 1. The average Bonchev–Trinajstić information content (AvgIpc) is 2.59. The summed E-state index contributed by atoms with van der Waals surface area (Å²) in [7, 11) is 0. The molecule has 5 heteroatoms. The van der Waals surface area contributed by atoms with Crippen molar-refractivity contribution in [1.29, 1.82) is 0 Å². The molecule has 78 valence electrons. The first-order chi connectivity index (χ1) is 7.16. The number of rotatable bonds is 3. The number of aromatic nitrogens is 3. The molecule has 0 aromatic carbocycles. The third-order valence-electron chi connectivity index (χ3n) is 2.19. The van der Waals surface area contributed by atoms with Gasteiger partial charge in [-0.05, 0) is 13.0 Å². The molecule has 0 saturated carbocycles. The van der Waals surface area contributed by atoms with E-state index in [0.717, 1.165) is 17.0 Å². The van der Waals surface area contributed by atoms with E-state index >= 15 is 0 Å². The monoisotopic (exact) mass is 205 g/mol. The minimum Gasteiger partial charge on any atom is -0.481 e. The fraction of sp³-hybridized carbons (Fsp3) is 0.300. The first-order valence-corrected chi connectivity index (χ1v) is 4.69. The van der Waals surface area contributed by atoms with Crippen molar-refractivity contribution in [2.45, 2.75) is 19.8 Å². The van der Waals surface area contributed by atoms with Gasteiger partial charge in [0.1, 0.15) is 0 Å². The van der Waals surface area contributed by atoms with Gasteiger partial charge < -0.3 is 5.11 Å². The van der Waals surface area contributed by atoms with Crippen LogP contribution < -0.4 is 0 Å². The van der Waals surface area contributed by atoms with E-state index in [1.165, 1.54) is 0 Å². The molecule has 2 heterocycles. The summed E-state index contributed by atoms with van der Waals surface area (Å²) in [6, 6.07) is 3.68. The van der Waals surface area contributed by atoms with Gasteiger partial charge in [-0.2, -0.15) is 5.10 Å². The first kappa shape index (κ1) is 9.64. The van der Waals surface area contributed by atoms with Crippen molar-refractivity contribution < 1.29 is 9.90 Å². The van der Waals surface area contributed by atoms with Crippen LogP contribution in [0.4, 0.5) is 0 Å². The number of carboxylic acids is 1. The second-order valence-corrected chi connectivity index (χ2v) is 3.39. The molecule has 15 heavy (non-hydrogen) atoms.